The van der Waals surface area contributed by atoms with E-state index in [1.807, 2.05) is 50.2 Å². The van der Waals surface area contributed by atoms with E-state index in [4.69, 9.17) is 9.47 Å². The first-order valence-electron chi connectivity index (χ1n) is 11.9. The minimum absolute atomic E-state index is 0.0223. The fraction of sp³-hybridized carbons (Fsp3) is 0.538. The van der Waals surface area contributed by atoms with E-state index < -0.39 is 30.1 Å². The Hall–Kier alpha value is -2.88. The molecular weight excluding hydrogens is 450 g/mol. The SMILES string of the molecule is COc1ccc([C@@H]2CN(C(=O)[C@@H](O)CO)C[C@@]2(C)[C@@H](C)O)cc1OC1CN(c2cccc(C)n2)C1. The second-order valence-corrected chi connectivity index (χ2v) is 9.84. The van der Waals surface area contributed by atoms with E-state index in [2.05, 4.69) is 9.88 Å². The molecule has 2 aliphatic heterocycles. The molecule has 0 saturated carbocycles. The highest BCUT2D eigenvalue weighted by Gasteiger charge is 2.49. The first-order chi connectivity index (χ1) is 16.7. The Kier molecular flexibility index (Phi) is 7.21. The summed E-state index contributed by atoms with van der Waals surface area (Å²) >= 11 is 0. The summed E-state index contributed by atoms with van der Waals surface area (Å²) in [5, 5.41) is 29.7. The molecule has 2 aliphatic rings. The number of benzene rings is 1. The summed E-state index contributed by atoms with van der Waals surface area (Å²) in [4.78, 5) is 20.8. The fourth-order valence-electron chi connectivity index (χ4n) is 4.97. The van der Waals surface area contributed by atoms with E-state index >= 15 is 0 Å². The fourth-order valence-corrected chi connectivity index (χ4v) is 4.97. The molecule has 35 heavy (non-hydrogen) atoms. The third kappa shape index (κ3) is 4.94. The number of aromatic nitrogens is 1. The molecule has 4 rings (SSSR count). The van der Waals surface area contributed by atoms with Gasteiger partial charge in [0.1, 0.15) is 11.9 Å². The molecule has 9 heteroatoms. The zero-order chi connectivity index (χ0) is 25.3. The second-order valence-electron chi connectivity index (χ2n) is 9.84. The van der Waals surface area contributed by atoms with Crippen molar-refractivity contribution in [2.45, 2.75) is 45.0 Å². The van der Waals surface area contributed by atoms with Gasteiger partial charge in [-0.2, -0.15) is 0 Å². The average Bonchev–Trinajstić information content (AvgIpc) is 3.18. The molecule has 3 N–H and O–H groups in total. The van der Waals surface area contributed by atoms with Gasteiger partial charge in [-0.3, -0.25) is 4.79 Å². The van der Waals surface area contributed by atoms with E-state index in [0.29, 0.717) is 31.1 Å². The highest BCUT2D eigenvalue weighted by atomic mass is 16.5. The Morgan fingerprint density at radius 2 is 1.94 bits per heavy atom. The van der Waals surface area contributed by atoms with E-state index in [9.17, 15) is 20.1 Å². The summed E-state index contributed by atoms with van der Waals surface area (Å²) in [6.45, 7) is 6.99. The number of likely N-dealkylation sites (tertiary alicyclic amines) is 1. The summed E-state index contributed by atoms with van der Waals surface area (Å²) in [7, 11) is 1.60. The zero-order valence-electron chi connectivity index (χ0n) is 20.7. The van der Waals surface area contributed by atoms with Crippen molar-refractivity contribution in [3.63, 3.8) is 0 Å². The molecule has 2 fully saturated rings. The Balaban J connectivity index is 1.53. The molecule has 0 bridgehead atoms. The van der Waals surface area contributed by atoms with Crippen LogP contribution in [0.2, 0.25) is 0 Å². The standard InChI is InChI=1S/C26H35N3O6/c1-16-6-5-7-24(27-16)28-11-19(12-28)35-23-10-18(8-9-22(23)34-4)20-13-29(25(33)21(32)14-30)15-26(20,3)17(2)31/h5-10,17,19-21,30-32H,11-15H2,1-4H3/t17-,20+,21+,26+/m1/s1. The van der Waals surface area contributed by atoms with Crippen molar-refractivity contribution in [1.29, 1.82) is 0 Å². The maximum Gasteiger partial charge on any atom is 0.253 e. The molecule has 1 aromatic carbocycles. The van der Waals surface area contributed by atoms with Crippen molar-refractivity contribution >= 4 is 11.7 Å². The van der Waals surface area contributed by atoms with Crippen molar-refractivity contribution in [3.05, 3.63) is 47.7 Å². The number of rotatable bonds is 8. The van der Waals surface area contributed by atoms with Gasteiger partial charge >= 0.3 is 0 Å². The van der Waals surface area contributed by atoms with Crippen LogP contribution >= 0.6 is 0 Å². The lowest BCUT2D eigenvalue weighted by Gasteiger charge is -2.40. The summed E-state index contributed by atoms with van der Waals surface area (Å²) in [6.07, 6.45) is -2.19. The quantitative estimate of drug-likeness (QED) is 0.513. The molecule has 2 saturated heterocycles. The first-order valence-corrected chi connectivity index (χ1v) is 11.9. The number of aliphatic hydroxyl groups excluding tert-OH is 3. The van der Waals surface area contributed by atoms with Gasteiger partial charge in [0.05, 0.1) is 32.9 Å². The number of carbonyl (C=O) groups is 1. The van der Waals surface area contributed by atoms with Gasteiger partial charge in [0, 0.05) is 30.1 Å². The molecular formula is C26H35N3O6. The van der Waals surface area contributed by atoms with Crippen molar-refractivity contribution < 1.29 is 29.6 Å². The number of hydrogen-bond donors (Lipinski definition) is 3. The lowest BCUT2D eigenvalue weighted by Crippen LogP contribution is -2.54. The van der Waals surface area contributed by atoms with Crippen LogP contribution in [0.5, 0.6) is 11.5 Å². The summed E-state index contributed by atoms with van der Waals surface area (Å²) < 4.78 is 11.8. The lowest BCUT2D eigenvalue weighted by atomic mass is 9.72. The number of carbonyl (C=O) groups excluding carboxylic acids is 1. The Morgan fingerprint density at radius 3 is 2.57 bits per heavy atom. The van der Waals surface area contributed by atoms with Gasteiger partial charge in [0.25, 0.3) is 5.91 Å². The molecule has 0 spiro atoms. The maximum atomic E-state index is 12.6. The predicted molar refractivity (Wildman–Crippen MR) is 131 cm³/mol. The van der Waals surface area contributed by atoms with Gasteiger partial charge in [0.15, 0.2) is 17.6 Å². The van der Waals surface area contributed by atoms with Gasteiger partial charge < -0.3 is 34.6 Å². The number of ether oxygens (including phenoxy) is 2. The number of anilines is 1. The molecule has 1 amide bonds. The number of aliphatic hydroxyl groups is 3. The number of hydrogen-bond acceptors (Lipinski definition) is 8. The van der Waals surface area contributed by atoms with E-state index in [1.165, 1.54) is 4.90 Å². The topological polar surface area (TPSA) is 116 Å². The smallest absolute Gasteiger partial charge is 0.253 e. The summed E-state index contributed by atoms with van der Waals surface area (Å²) in [5.74, 6) is 1.42. The number of methoxy groups -OCH3 is 1. The summed E-state index contributed by atoms with van der Waals surface area (Å²) in [6, 6.07) is 11.6. The molecule has 0 radical (unpaired) electrons. The van der Waals surface area contributed by atoms with E-state index in [1.54, 1.807) is 14.0 Å². The normalized spacial score (nSPS) is 24.1. The molecule has 0 unspecified atom stereocenters. The van der Waals surface area contributed by atoms with Crippen molar-refractivity contribution in [2.75, 3.05) is 44.8 Å². The molecule has 1 aromatic heterocycles. The summed E-state index contributed by atoms with van der Waals surface area (Å²) in [5.41, 5.74) is 1.24. The Labute approximate surface area is 205 Å². The number of pyridine rings is 1. The monoisotopic (exact) mass is 485 g/mol. The molecule has 9 nitrogen and oxygen atoms in total. The van der Waals surface area contributed by atoms with Gasteiger partial charge in [-0.15, -0.1) is 0 Å². The minimum atomic E-state index is -1.47. The molecule has 3 heterocycles. The molecule has 0 aliphatic carbocycles. The van der Waals surface area contributed by atoms with Crippen LogP contribution in [0.1, 0.15) is 31.0 Å². The molecule has 4 atom stereocenters. The third-order valence-corrected chi connectivity index (χ3v) is 7.38. The Morgan fingerprint density at radius 1 is 1.20 bits per heavy atom. The van der Waals surface area contributed by atoms with Crippen LogP contribution in [0.4, 0.5) is 5.82 Å². The van der Waals surface area contributed by atoms with Crippen LogP contribution in [-0.2, 0) is 4.79 Å². The average molecular weight is 486 g/mol. The van der Waals surface area contributed by atoms with E-state index in [0.717, 1.165) is 17.1 Å². The highest BCUT2D eigenvalue weighted by Crippen LogP contribution is 2.47. The van der Waals surface area contributed by atoms with Crippen LogP contribution in [0.25, 0.3) is 0 Å². The van der Waals surface area contributed by atoms with Gasteiger partial charge in [0.2, 0.25) is 0 Å². The largest absolute Gasteiger partial charge is 0.493 e. The highest BCUT2D eigenvalue weighted by molar-refractivity contribution is 5.81. The third-order valence-electron chi connectivity index (χ3n) is 7.38. The molecule has 2 aromatic rings. The van der Waals surface area contributed by atoms with Gasteiger partial charge in [-0.1, -0.05) is 19.1 Å². The number of aryl methyl sites for hydroxylation is 1. The lowest BCUT2D eigenvalue weighted by molar-refractivity contribution is -0.141. The maximum absolute atomic E-state index is 12.6. The van der Waals surface area contributed by atoms with Crippen LogP contribution in [0.3, 0.4) is 0 Å². The van der Waals surface area contributed by atoms with Crippen LogP contribution in [-0.4, -0.2) is 89.3 Å². The molecule has 190 valence electrons. The van der Waals surface area contributed by atoms with Crippen LogP contribution < -0.4 is 14.4 Å². The Bertz CT molecular complexity index is 1060. The van der Waals surface area contributed by atoms with Crippen molar-refractivity contribution in [3.8, 4) is 11.5 Å². The predicted octanol–water partition coefficient (Wildman–Crippen LogP) is 1.33. The van der Waals surface area contributed by atoms with E-state index in [-0.39, 0.29) is 18.6 Å². The van der Waals surface area contributed by atoms with Crippen LogP contribution in [0, 0.1) is 12.3 Å². The van der Waals surface area contributed by atoms with Crippen molar-refractivity contribution in [1.82, 2.24) is 9.88 Å². The second kappa shape index (κ2) is 10.0. The minimum Gasteiger partial charge on any atom is -0.493 e. The zero-order valence-corrected chi connectivity index (χ0v) is 20.7. The number of amides is 1. The van der Waals surface area contributed by atoms with Gasteiger partial charge in [-0.25, -0.2) is 4.98 Å². The first kappa shape index (κ1) is 25.2. The van der Waals surface area contributed by atoms with Crippen molar-refractivity contribution in [2.24, 2.45) is 5.41 Å². The van der Waals surface area contributed by atoms with Crippen LogP contribution in [0.15, 0.2) is 36.4 Å². The van der Waals surface area contributed by atoms with Gasteiger partial charge in [-0.05, 0) is 43.7 Å². The number of nitrogens with zero attached hydrogens (tertiary/aromatic N) is 3.